The van der Waals surface area contributed by atoms with Crippen molar-refractivity contribution in [3.05, 3.63) is 0 Å². The van der Waals surface area contributed by atoms with E-state index in [4.69, 9.17) is 10.5 Å². The Morgan fingerprint density at radius 3 is 0.375 bits per heavy atom. The van der Waals surface area contributed by atoms with Crippen molar-refractivity contribution >= 4 is 0 Å². The molecule has 0 aromatic rings. The van der Waals surface area contributed by atoms with E-state index in [2.05, 4.69) is 0 Å². The Labute approximate surface area is 44.8 Å². The van der Waals surface area contributed by atoms with Crippen LogP contribution < -0.4 is 0 Å². The lowest BCUT2D eigenvalue weighted by Crippen LogP contribution is -1.29. The zero-order valence-electron chi connectivity index (χ0n) is 3.89. The van der Waals surface area contributed by atoms with E-state index in [9.17, 15) is 0 Å². The Kier molecular flexibility index (Phi) is 195000. The molecule has 8 heavy (non-hydrogen) atoms. The van der Waals surface area contributed by atoms with Gasteiger partial charge >= 0.3 is 0 Å². The van der Waals surface area contributed by atoms with Gasteiger partial charge in [0.05, 0.1) is 0 Å². The van der Waals surface area contributed by atoms with E-state index in [1.807, 2.05) is 0 Å². The lowest BCUT2D eigenvalue weighted by Gasteiger charge is -1.25. The molecule has 14 N–H and O–H groups in total. The van der Waals surface area contributed by atoms with Crippen LogP contribution in [0, 0.1) is 0 Å². The molecule has 0 fully saturated rings. The highest BCUT2D eigenvalue weighted by atomic mass is 17.0. The minimum absolute atomic E-state index is 0. The zero-order chi connectivity index (χ0) is 2.00. The summed E-state index contributed by atoms with van der Waals surface area (Å²) in [6.07, 6.45) is 0. The first-order valence-electron chi connectivity index (χ1n) is 0.200. The Balaban J connectivity index is -0.000000000333. The molecule has 0 unspecified atom stereocenters. The highest BCUT2D eigenvalue weighted by Crippen LogP contribution is 0.711. The van der Waals surface area contributed by atoms with Crippen LogP contribution in [0.2, 0.25) is 0 Å². The molecule has 0 bridgehead atoms. The van der Waals surface area contributed by atoms with Crippen molar-refractivity contribution in [3.8, 4) is 0 Å². The van der Waals surface area contributed by atoms with Gasteiger partial charge in [0, 0.05) is 0 Å². The summed E-state index contributed by atoms with van der Waals surface area (Å²) in [7, 11) is 0. The van der Waals surface area contributed by atoms with Crippen molar-refractivity contribution in [2.24, 2.45) is 0 Å². The van der Waals surface area contributed by atoms with E-state index in [0.717, 1.165) is 0 Å². The summed E-state index contributed by atoms with van der Waals surface area (Å²) in [4.78, 5) is 0. The lowest BCUT2D eigenvalue weighted by atomic mass is 15.0. The quantitative estimate of drug-likeness (QED) is 0.250. The molecule has 0 aliphatic heterocycles. The molecule has 0 aromatic heterocycles. The monoisotopic (exact) mass is 142 g/mol. The molecule has 0 spiro atoms. The Hall–Kier alpha value is -0.320. The molecule has 0 rings (SSSR count). The fraction of sp³-hybridized carbons (Fsp3) is 0. The van der Waals surface area contributed by atoms with Crippen LogP contribution in [-0.4, -0.2) is 43.4 Å². The highest BCUT2D eigenvalue weighted by molar-refractivity contribution is 1.82. The maximum atomic E-state index is 6.00. The van der Waals surface area contributed by atoms with Gasteiger partial charge in [-0.25, -0.2) is 0 Å². The van der Waals surface area contributed by atoms with Gasteiger partial charge in [-0.05, 0) is 0 Å². The average Bonchev–Trinajstić information content (AvgIpc) is 1.00. The smallest absolute Gasteiger partial charge is 0.255 e. The predicted octanol–water partition coefficient (Wildman–Crippen LogP) is -4.93. The van der Waals surface area contributed by atoms with Gasteiger partial charge in [-0.15, -0.1) is 0 Å². The second-order valence-electron chi connectivity index (χ2n) is 0. The average molecular weight is 142 g/mol. The van der Waals surface area contributed by atoms with Gasteiger partial charge in [0.1, 0.15) is 0 Å². The number of rotatable bonds is 0. The molecule has 0 aliphatic carbocycles. The molecule has 0 aliphatic rings. The summed E-state index contributed by atoms with van der Waals surface area (Å²) < 4.78 is 0. The summed E-state index contributed by atoms with van der Waals surface area (Å²) in [5, 5.41) is 12.0. The molecule has 0 aromatic carbocycles. The van der Waals surface area contributed by atoms with E-state index < -0.39 is 0 Å². The molecule has 62 valence electrons. The minimum atomic E-state index is 0. The third-order valence-electron chi connectivity index (χ3n) is 0. The van der Waals surface area contributed by atoms with Crippen LogP contribution >= 0.6 is 0 Å². The van der Waals surface area contributed by atoms with E-state index in [0.29, 0.717) is 0 Å². The van der Waals surface area contributed by atoms with Crippen molar-refractivity contribution < 1.29 is 43.4 Å². The van der Waals surface area contributed by atoms with E-state index in [-0.39, 0.29) is 32.9 Å². The fourth-order valence-electron chi connectivity index (χ4n) is 0. The van der Waals surface area contributed by atoms with Crippen LogP contribution in [0.1, 0.15) is 0 Å². The lowest BCUT2D eigenvalue weighted by molar-refractivity contribution is -0.176. The molecule has 0 radical (unpaired) electrons. The first-order chi connectivity index (χ1) is 1.00. The summed E-state index contributed by atoms with van der Waals surface area (Å²) >= 11 is 0. The molecule has 0 heterocycles. The van der Waals surface area contributed by atoms with Crippen molar-refractivity contribution in [1.29, 1.82) is 0 Å². The largest absolute Gasteiger partial charge is 0.412 e. The molecule has 0 amide bonds. The normalized spacial score (nSPS) is 0.750. The minimum Gasteiger partial charge on any atom is -0.412 e. The maximum absolute atomic E-state index is 6.00. The Bertz CT molecular complexity index is 0. The molecule has 0 saturated carbocycles. The van der Waals surface area contributed by atoms with Crippen molar-refractivity contribution in [2.75, 3.05) is 0 Å². The van der Waals surface area contributed by atoms with Gasteiger partial charge in [-0.1, -0.05) is 0 Å². The van der Waals surface area contributed by atoms with Gasteiger partial charge in [0.25, 0.3) is 0 Å². The Morgan fingerprint density at radius 2 is 0.375 bits per heavy atom. The van der Waals surface area contributed by atoms with Gasteiger partial charge < -0.3 is 32.9 Å². The number of hydrogen-bond donors (Lipinski definition) is 2. The fourth-order valence-corrected chi connectivity index (χ4v) is 0. The van der Waals surface area contributed by atoms with Gasteiger partial charge in [0.2, 0.25) is 0 Å². The predicted molar refractivity (Wildman–Crippen MR) is 26.9 cm³/mol. The van der Waals surface area contributed by atoms with E-state index in [1.165, 1.54) is 0 Å². The van der Waals surface area contributed by atoms with Crippen LogP contribution in [0.5, 0.6) is 0 Å². The van der Waals surface area contributed by atoms with Crippen LogP contribution in [0.15, 0.2) is 0 Å². The Morgan fingerprint density at radius 1 is 0.375 bits per heavy atom. The first kappa shape index (κ1) is 741. The van der Waals surface area contributed by atoms with Crippen LogP contribution in [0.25, 0.3) is 0 Å². The maximum Gasteiger partial charge on any atom is -0.255 e. The molecule has 0 saturated heterocycles. The molecule has 8 nitrogen and oxygen atoms in total. The molecular formula is H14O8. The second-order valence-corrected chi connectivity index (χ2v) is 0. The van der Waals surface area contributed by atoms with Crippen LogP contribution in [0.3, 0.4) is 0 Å². The van der Waals surface area contributed by atoms with Crippen molar-refractivity contribution in [1.82, 2.24) is 0 Å². The zero-order valence-corrected chi connectivity index (χ0v) is 3.89. The molecule has 8 heteroatoms. The van der Waals surface area contributed by atoms with Gasteiger partial charge in [0.15, 0.2) is 0 Å². The topological polar surface area (TPSA) is 229 Å². The third kappa shape index (κ3) is 1210. The molecule has 0 atom stereocenters. The van der Waals surface area contributed by atoms with Crippen molar-refractivity contribution in [3.63, 3.8) is 0 Å². The van der Waals surface area contributed by atoms with Crippen LogP contribution in [-0.2, 0) is 0 Å². The first-order valence-corrected chi connectivity index (χ1v) is 0.200. The number of hydrogen-bond acceptors (Lipinski definition) is 2. The summed E-state index contributed by atoms with van der Waals surface area (Å²) in [5.41, 5.74) is 0. The van der Waals surface area contributed by atoms with Gasteiger partial charge in [-0.2, -0.15) is 0 Å². The van der Waals surface area contributed by atoms with E-state index >= 15 is 0 Å². The van der Waals surface area contributed by atoms with Crippen LogP contribution in [0.4, 0.5) is 0 Å². The van der Waals surface area contributed by atoms with Crippen molar-refractivity contribution in [2.45, 2.75) is 0 Å². The molecular weight excluding hydrogens is 128 g/mol. The third-order valence-corrected chi connectivity index (χ3v) is 0. The second kappa shape index (κ2) is 2100. The summed E-state index contributed by atoms with van der Waals surface area (Å²) in [5.74, 6) is 0. The summed E-state index contributed by atoms with van der Waals surface area (Å²) in [6, 6.07) is 0. The SMILES string of the molecule is O.O.O.O.O.O.OO. The van der Waals surface area contributed by atoms with Gasteiger partial charge in [-0.3, -0.25) is 10.5 Å². The summed E-state index contributed by atoms with van der Waals surface area (Å²) in [6.45, 7) is 0. The highest BCUT2D eigenvalue weighted by Gasteiger charge is 0.745. The standard InChI is InChI=1S/H2O2.6H2O/c1-2;;;;;;/h1-2H;6*1H2. The van der Waals surface area contributed by atoms with E-state index in [1.54, 1.807) is 0 Å².